The van der Waals surface area contributed by atoms with Gasteiger partial charge < -0.3 is 4.57 Å². The van der Waals surface area contributed by atoms with Crippen LogP contribution in [0, 0.1) is 43.6 Å². The predicted molar refractivity (Wildman–Crippen MR) is 134 cm³/mol. The zero-order valence-electron chi connectivity index (χ0n) is 21.3. The summed E-state index contributed by atoms with van der Waals surface area (Å²) in [6.45, 7) is 13.2. The van der Waals surface area contributed by atoms with Gasteiger partial charge >= 0.3 is 0 Å². The van der Waals surface area contributed by atoms with Crippen LogP contribution < -0.4 is 0 Å². The fourth-order valence-electron chi connectivity index (χ4n) is 8.22. The van der Waals surface area contributed by atoms with Gasteiger partial charge in [-0.15, -0.1) is 0 Å². The molecule has 6 rings (SSSR count). The van der Waals surface area contributed by atoms with Gasteiger partial charge in [-0.25, -0.2) is 4.98 Å². The zero-order valence-corrected chi connectivity index (χ0v) is 22.1. The van der Waals surface area contributed by atoms with Crippen molar-refractivity contribution in [3.63, 3.8) is 0 Å². The fraction of sp³-hybridized carbons (Fsp3) is 0.667. The Balaban J connectivity index is 1.54. The molecular formula is C27H33N3O4S. The fourth-order valence-corrected chi connectivity index (χ4v) is 9.86. The Kier molecular flexibility index (Phi) is 4.47. The van der Waals surface area contributed by atoms with Crippen molar-refractivity contribution in [2.75, 3.05) is 0 Å². The Morgan fingerprint density at radius 3 is 2.11 bits per heavy atom. The second-order valence-electron chi connectivity index (χ2n) is 12.9. The number of imidazole rings is 1. The number of nitrogens with zero attached hydrogens (tertiary/aromatic N) is 3. The SMILES string of the molecule is CC1(C)C2CCC1(C)C(Sc1nc3ccc([N+](=O)[O-])cc3n1C1C(=O)C3CCC1(C)C3(C)C)C2=O. The monoisotopic (exact) mass is 495 g/mol. The summed E-state index contributed by atoms with van der Waals surface area (Å²) in [5, 5.41) is 12.0. The van der Waals surface area contributed by atoms with Crippen molar-refractivity contribution in [3.8, 4) is 0 Å². The summed E-state index contributed by atoms with van der Waals surface area (Å²) < 4.78 is 1.98. The van der Waals surface area contributed by atoms with Crippen LogP contribution in [-0.2, 0) is 9.59 Å². The number of rotatable bonds is 4. The molecule has 1 heterocycles. The van der Waals surface area contributed by atoms with Crippen molar-refractivity contribution in [2.24, 2.45) is 33.5 Å². The van der Waals surface area contributed by atoms with E-state index in [4.69, 9.17) is 4.98 Å². The first kappa shape index (κ1) is 23.2. The van der Waals surface area contributed by atoms with Crippen molar-refractivity contribution in [3.05, 3.63) is 28.3 Å². The number of carbonyl (C=O) groups excluding carboxylic acids is 2. The molecule has 4 aliphatic rings. The number of aromatic nitrogens is 2. The van der Waals surface area contributed by atoms with Crippen molar-refractivity contribution in [2.45, 2.75) is 83.7 Å². The molecule has 0 radical (unpaired) electrons. The number of hydrogen-bond donors (Lipinski definition) is 0. The molecule has 0 spiro atoms. The normalized spacial score (nSPS) is 38.7. The molecular weight excluding hydrogens is 462 g/mol. The Bertz CT molecular complexity index is 1330. The van der Waals surface area contributed by atoms with Crippen LogP contribution in [0.25, 0.3) is 11.0 Å². The largest absolute Gasteiger partial charge is 0.307 e. The molecule has 186 valence electrons. The van der Waals surface area contributed by atoms with Gasteiger partial charge in [0.05, 0.1) is 21.2 Å². The number of hydrogen-bond acceptors (Lipinski definition) is 6. The summed E-state index contributed by atoms with van der Waals surface area (Å²) in [6.07, 6.45) is 3.73. The highest BCUT2D eigenvalue weighted by Gasteiger charge is 2.69. The van der Waals surface area contributed by atoms with Crippen LogP contribution in [0.1, 0.15) is 73.3 Å². The van der Waals surface area contributed by atoms with E-state index in [0.717, 1.165) is 25.7 Å². The van der Waals surface area contributed by atoms with Crippen molar-refractivity contribution in [1.82, 2.24) is 9.55 Å². The molecule has 1 aromatic carbocycles. The number of carbonyl (C=O) groups is 2. The Morgan fingerprint density at radius 2 is 1.57 bits per heavy atom. The minimum atomic E-state index is -0.444. The number of benzene rings is 1. The Hall–Kier alpha value is -2.22. The average Bonchev–Trinajstić information content (AvgIpc) is 3.40. The van der Waals surface area contributed by atoms with Crippen LogP contribution in [-0.4, -0.2) is 31.3 Å². The van der Waals surface area contributed by atoms with Crippen molar-refractivity contribution in [1.29, 1.82) is 0 Å². The van der Waals surface area contributed by atoms with Crippen molar-refractivity contribution >= 4 is 40.0 Å². The summed E-state index contributed by atoms with van der Waals surface area (Å²) in [4.78, 5) is 43.5. The third-order valence-corrected chi connectivity index (χ3v) is 12.8. The summed E-state index contributed by atoms with van der Waals surface area (Å²) in [5.74, 6) is 0.489. The minimum Gasteiger partial charge on any atom is -0.307 e. The second-order valence-corrected chi connectivity index (χ2v) is 13.9. The van der Waals surface area contributed by atoms with E-state index >= 15 is 0 Å². The van der Waals surface area contributed by atoms with Gasteiger partial charge in [0.15, 0.2) is 10.9 Å². The minimum absolute atomic E-state index is 0.0145. The number of nitro benzene ring substituents is 1. The van der Waals surface area contributed by atoms with E-state index in [1.54, 1.807) is 12.1 Å². The molecule has 0 aliphatic heterocycles. The molecule has 7 nitrogen and oxygen atoms in total. The zero-order chi connectivity index (χ0) is 25.3. The summed E-state index contributed by atoms with van der Waals surface area (Å²) in [7, 11) is 0. The smallest absolute Gasteiger partial charge is 0.271 e. The molecule has 0 saturated heterocycles. The molecule has 0 amide bonds. The molecule has 2 aromatic rings. The van der Waals surface area contributed by atoms with E-state index < -0.39 is 11.0 Å². The number of nitro groups is 1. The van der Waals surface area contributed by atoms with Gasteiger partial charge in [0.25, 0.3) is 5.69 Å². The first-order valence-electron chi connectivity index (χ1n) is 12.7. The lowest BCUT2D eigenvalue weighted by molar-refractivity contribution is -0.384. The average molecular weight is 496 g/mol. The van der Waals surface area contributed by atoms with Gasteiger partial charge in [0, 0.05) is 29.4 Å². The maximum absolute atomic E-state index is 13.8. The lowest BCUT2D eigenvalue weighted by Gasteiger charge is -2.40. The lowest BCUT2D eigenvalue weighted by atomic mass is 9.69. The number of non-ortho nitro benzene ring substituents is 1. The topological polar surface area (TPSA) is 95.1 Å². The van der Waals surface area contributed by atoms with Gasteiger partial charge in [-0.2, -0.15) is 0 Å². The number of thioether (sulfide) groups is 1. The summed E-state index contributed by atoms with van der Waals surface area (Å²) in [5.41, 5.74) is 0.525. The third kappa shape index (κ3) is 2.57. The Morgan fingerprint density at radius 1 is 0.971 bits per heavy atom. The number of ketones is 2. The van der Waals surface area contributed by atoms with E-state index in [-0.39, 0.29) is 56.0 Å². The molecule has 4 fully saturated rings. The highest BCUT2D eigenvalue weighted by molar-refractivity contribution is 8.00. The molecule has 0 N–H and O–H groups in total. The van der Waals surface area contributed by atoms with Gasteiger partial charge in [0.1, 0.15) is 11.8 Å². The highest BCUT2D eigenvalue weighted by atomic mass is 32.2. The van der Waals surface area contributed by atoms with Crippen LogP contribution >= 0.6 is 11.8 Å². The summed E-state index contributed by atoms with van der Waals surface area (Å²) in [6, 6.07) is 4.25. The van der Waals surface area contributed by atoms with E-state index in [2.05, 4.69) is 41.5 Å². The van der Waals surface area contributed by atoms with Crippen LogP contribution in [0.15, 0.2) is 23.4 Å². The number of Topliss-reactive ketones (excluding diaryl/α,β-unsaturated/α-hetero) is 2. The van der Waals surface area contributed by atoms with Gasteiger partial charge in [-0.1, -0.05) is 53.3 Å². The van der Waals surface area contributed by atoms with Gasteiger partial charge in [0.2, 0.25) is 0 Å². The molecule has 1 aromatic heterocycles. The lowest BCUT2D eigenvalue weighted by Crippen LogP contribution is -2.37. The first-order chi connectivity index (χ1) is 16.3. The van der Waals surface area contributed by atoms with E-state index in [1.165, 1.54) is 17.8 Å². The van der Waals surface area contributed by atoms with E-state index in [0.29, 0.717) is 16.2 Å². The van der Waals surface area contributed by atoms with Crippen molar-refractivity contribution < 1.29 is 14.5 Å². The van der Waals surface area contributed by atoms with Crippen LogP contribution in [0.2, 0.25) is 0 Å². The Labute approximate surface area is 209 Å². The van der Waals surface area contributed by atoms with Crippen LogP contribution in [0.5, 0.6) is 0 Å². The predicted octanol–water partition coefficient (Wildman–Crippen LogP) is 6.00. The molecule has 6 atom stereocenters. The second kappa shape index (κ2) is 6.75. The quantitative estimate of drug-likeness (QED) is 0.381. The highest BCUT2D eigenvalue weighted by Crippen LogP contribution is 2.70. The maximum atomic E-state index is 13.8. The molecule has 4 aliphatic carbocycles. The number of fused-ring (bicyclic) bond motifs is 5. The van der Waals surface area contributed by atoms with Crippen LogP contribution in [0.4, 0.5) is 5.69 Å². The van der Waals surface area contributed by atoms with Gasteiger partial charge in [-0.05, 0) is 48.0 Å². The maximum Gasteiger partial charge on any atom is 0.271 e. The third-order valence-electron chi connectivity index (χ3n) is 11.3. The van der Waals surface area contributed by atoms with E-state index in [1.807, 2.05) is 4.57 Å². The molecule has 6 unspecified atom stereocenters. The standard InChI is InChI=1S/C27H33N3O4S/c1-24(2)15-9-11-26(24,5)21(19(15)31)29-18-13-14(30(33)34)7-8-17(18)28-23(29)35-22-20(32)16-10-12-27(22,6)25(16,3)4/h7-8,13,15-16,21-22H,9-12H2,1-6H3. The molecule has 35 heavy (non-hydrogen) atoms. The van der Waals surface area contributed by atoms with Crippen LogP contribution in [0.3, 0.4) is 0 Å². The molecule has 4 bridgehead atoms. The molecule has 4 saturated carbocycles. The van der Waals surface area contributed by atoms with Gasteiger partial charge in [-0.3, -0.25) is 19.7 Å². The summed E-state index contributed by atoms with van der Waals surface area (Å²) >= 11 is 1.49. The molecule has 8 heteroatoms. The first-order valence-corrected chi connectivity index (χ1v) is 13.5. The van der Waals surface area contributed by atoms with E-state index in [9.17, 15) is 19.7 Å².